The molecule has 2 aliphatic heterocycles. The summed E-state index contributed by atoms with van der Waals surface area (Å²) in [6.07, 6.45) is -0.453. The Morgan fingerprint density at radius 1 is 0.475 bits per heavy atom. The summed E-state index contributed by atoms with van der Waals surface area (Å²) in [4.78, 5) is 11.0. The first-order valence-electron chi connectivity index (χ1n) is 21.3. The molecule has 1 aromatic heterocycles. The Bertz CT molecular complexity index is 3570. The van der Waals surface area contributed by atoms with Crippen molar-refractivity contribution in [1.82, 2.24) is 9.88 Å². The van der Waals surface area contributed by atoms with E-state index in [1.54, 1.807) is 0 Å². The zero-order chi connectivity index (χ0) is 40.5. The van der Waals surface area contributed by atoms with E-state index in [9.17, 15) is 0 Å². The van der Waals surface area contributed by atoms with Gasteiger partial charge in [0.05, 0.1) is 22.1 Å². The van der Waals surface area contributed by atoms with Gasteiger partial charge in [-0.25, -0.2) is 9.98 Å². The number of hydrogen-bond donors (Lipinski definition) is 1. The average Bonchev–Trinajstić information content (AvgIpc) is 3.66. The number of hydrogen-bond acceptors (Lipinski definition) is 3. The molecule has 0 fully saturated rings. The van der Waals surface area contributed by atoms with Crippen LogP contribution in [0, 0.1) is 0 Å². The van der Waals surface area contributed by atoms with Crippen LogP contribution in [0.2, 0.25) is 0 Å². The van der Waals surface area contributed by atoms with Crippen molar-refractivity contribution in [3.63, 3.8) is 0 Å². The van der Waals surface area contributed by atoms with E-state index in [2.05, 4.69) is 218 Å². The van der Waals surface area contributed by atoms with Crippen LogP contribution in [0.5, 0.6) is 0 Å². The molecule has 1 spiro atoms. The Hall–Kier alpha value is -7.56. The Kier molecular flexibility index (Phi) is 7.02. The first-order valence-corrected chi connectivity index (χ1v) is 21.3. The zero-order valence-corrected chi connectivity index (χ0v) is 33.9. The second-order valence-electron chi connectivity index (χ2n) is 17.3. The van der Waals surface area contributed by atoms with Gasteiger partial charge in [0.15, 0.2) is 6.17 Å². The number of para-hydroxylation sites is 3. The van der Waals surface area contributed by atoms with E-state index < -0.39 is 11.6 Å². The lowest BCUT2D eigenvalue weighted by Gasteiger charge is -2.50. The largest absolute Gasteiger partial charge is 0.324 e. The first kappa shape index (κ1) is 34.3. The Morgan fingerprint density at radius 2 is 1.08 bits per heavy atom. The fourth-order valence-electron chi connectivity index (χ4n) is 11.2. The average molecular weight is 781 g/mol. The van der Waals surface area contributed by atoms with Gasteiger partial charge in [0, 0.05) is 27.3 Å². The predicted octanol–water partition coefficient (Wildman–Crippen LogP) is 12.9. The molecule has 4 nitrogen and oxygen atoms in total. The van der Waals surface area contributed by atoms with Crippen LogP contribution in [0.15, 0.2) is 204 Å². The van der Waals surface area contributed by atoms with E-state index in [-0.39, 0.29) is 5.41 Å². The number of aliphatic imine (C=N–C) groups is 2. The highest BCUT2D eigenvalue weighted by Gasteiger charge is 2.53. The van der Waals surface area contributed by atoms with E-state index in [4.69, 9.17) is 9.98 Å². The normalized spacial score (nSPS) is 18.4. The number of fused-ring (bicyclic) bond motifs is 13. The van der Waals surface area contributed by atoms with Crippen LogP contribution in [-0.2, 0) is 10.8 Å². The van der Waals surface area contributed by atoms with Crippen molar-refractivity contribution in [2.75, 3.05) is 0 Å². The zero-order valence-electron chi connectivity index (χ0n) is 33.9. The number of benzene rings is 9. The third-order valence-corrected chi connectivity index (χ3v) is 13.8. The highest BCUT2D eigenvalue weighted by atomic mass is 15.2. The monoisotopic (exact) mass is 780 g/mol. The summed E-state index contributed by atoms with van der Waals surface area (Å²) in [5.74, 6) is 1.64. The molecule has 10 aromatic rings. The fraction of sp³-hybridized carbons (Fsp3) is 0.0877. The molecule has 0 saturated carbocycles. The summed E-state index contributed by atoms with van der Waals surface area (Å²) in [6.45, 7) is 4.80. The predicted molar refractivity (Wildman–Crippen MR) is 252 cm³/mol. The quantitative estimate of drug-likeness (QED) is 0.191. The molecular formula is C57H40N4. The topological polar surface area (TPSA) is 41.7 Å². The molecule has 61 heavy (non-hydrogen) atoms. The van der Waals surface area contributed by atoms with Gasteiger partial charge in [-0.3, -0.25) is 0 Å². The molecule has 1 aliphatic carbocycles. The van der Waals surface area contributed by atoms with Crippen molar-refractivity contribution < 1.29 is 0 Å². The van der Waals surface area contributed by atoms with Crippen LogP contribution < -0.4 is 5.32 Å². The molecule has 3 heterocycles. The summed E-state index contributed by atoms with van der Waals surface area (Å²) in [5.41, 5.74) is 13.7. The number of amidine groups is 2. The molecule has 1 N–H and O–H groups in total. The Labute approximate surface area is 354 Å². The second-order valence-corrected chi connectivity index (χ2v) is 17.3. The van der Waals surface area contributed by atoms with Crippen molar-refractivity contribution >= 4 is 55.0 Å². The molecule has 0 bridgehead atoms. The van der Waals surface area contributed by atoms with Crippen LogP contribution in [0.3, 0.4) is 0 Å². The van der Waals surface area contributed by atoms with Gasteiger partial charge >= 0.3 is 0 Å². The van der Waals surface area contributed by atoms with Crippen LogP contribution in [-0.4, -0.2) is 16.2 Å². The summed E-state index contributed by atoms with van der Waals surface area (Å²) >= 11 is 0. The second kappa shape index (κ2) is 12.5. The lowest BCUT2D eigenvalue weighted by atomic mass is 9.52. The fourth-order valence-corrected chi connectivity index (χ4v) is 11.2. The smallest absolute Gasteiger partial charge is 0.169 e. The van der Waals surface area contributed by atoms with Gasteiger partial charge in [0.25, 0.3) is 0 Å². The minimum absolute atomic E-state index is 0.388. The summed E-state index contributed by atoms with van der Waals surface area (Å²) in [5, 5.41) is 11.2. The minimum atomic E-state index is -0.611. The molecule has 4 heteroatoms. The van der Waals surface area contributed by atoms with Crippen LogP contribution in [0.25, 0.3) is 49.0 Å². The first-order chi connectivity index (χ1) is 30.0. The lowest BCUT2D eigenvalue weighted by Crippen LogP contribution is -2.46. The minimum Gasteiger partial charge on any atom is -0.324 e. The van der Waals surface area contributed by atoms with Crippen LogP contribution in [0.4, 0.5) is 0 Å². The van der Waals surface area contributed by atoms with Gasteiger partial charge in [0.1, 0.15) is 11.7 Å². The van der Waals surface area contributed by atoms with Gasteiger partial charge in [-0.15, -0.1) is 0 Å². The standard InChI is InChI=1S/C57H40N4/c1-56(2)44-22-8-9-23-45(44)57(46-24-10-12-28-50(46)61-49-27-11-7-19-41(49)42-20-13-26-48(57)52(42)61)47-25-14-21-43(51(47)56)55-59-53(39-31-29-35-15-3-5-17-37(35)33-39)58-54(60-55)40-32-30-36-16-4-6-18-38(36)34-40/h3-34,53H,1-2H3,(H,58,59,60). The summed E-state index contributed by atoms with van der Waals surface area (Å²) in [7, 11) is 0. The maximum atomic E-state index is 5.59. The van der Waals surface area contributed by atoms with E-state index in [0.29, 0.717) is 0 Å². The number of nitrogens with one attached hydrogen (secondary N) is 1. The van der Waals surface area contributed by atoms with E-state index in [0.717, 1.165) is 28.4 Å². The van der Waals surface area contributed by atoms with Gasteiger partial charge in [-0.05, 0) is 84.8 Å². The van der Waals surface area contributed by atoms with E-state index >= 15 is 0 Å². The number of aromatic nitrogens is 1. The summed E-state index contributed by atoms with van der Waals surface area (Å²) in [6, 6.07) is 71.4. The molecule has 3 aliphatic rings. The molecule has 288 valence electrons. The third kappa shape index (κ3) is 4.65. The molecule has 9 aromatic carbocycles. The molecule has 2 unspecified atom stereocenters. The maximum absolute atomic E-state index is 5.59. The van der Waals surface area contributed by atoms with Crippen molar-refractivity contribution in [3.8, 4) is 5.69 Å². The SMILES string of the molecule is CC1(C)c2ccccc2C2(c3ccccc3-n3c4ccccc4c4cccc2c43)c2cccc(C3=NC(c4ccc5ccccc5c4)N=C(c4ccc5ccccc5c4)N3)c21. The van der Waals surface area contributed by atoms with Gasteiger partial charge in [-0.2, -0.15) is 0 Å². The molecule has 2 atom stereocenters. The molecule has 13 rings (SSSR count). The Morgan fingerprint density at radius 3 is 1.92 bits per heavy atom. The van der Waals surface area contributed by atoms with Crippen LogP contribution >= 0.6 is 0 Å². The maximum Gasteiger partial charge on any atom is 0.169 e. The van der Waals surface area contributed by atoms with Gasteiger partial charge < -0.3 is 9.88 Å². The number of nitrogens with zero attached hydrogens (tertiary/aromatic N) is 3. The highest BCUT2D eigenvalue weighted by Crippen LogP contribution is 2.61. The van der Waals surface area contributed by atoms with Gasteiger partial charge in [-0.1, -0.05) is 184 Å². The number of rotatable bonds is 3. The third-order valence-electron chi connectivity index (χ3n) is 13.8. The van der Waals surface area contributed by atoms with Crippen molar-refractivity contribution in [3.05, 3.63) is 244 Å². The summed E-state index contributed by atoms with van der Waals surface area (Å²) < 4.78 is 2.51. The molecule has 0 radical (unpaired) electrons. The molecule has 0 amide bonds. The van der Waals surface area contributed by atoms with Crippen molar-refractivity contribution in [2.45, 2.75) is 30.8 Å². The molecule has 0 saturated heterocycles. The molecular weight excluding hydrogens is 741 g/mol. The van der Waals surface area contributed by atoms with Crippen molar-refractivity contribution in [1.29, 1.82) is 0 Å². The highest BCUT2D eigenvalue weighted by molar-refractivity contribution is 6.18. The van der Waals surface area contributed by atoms with Crippen molar-refractivity contribution in [2.24, 2.45) is 9.98 Å². The van der Waals surface area contributed by atoms with E-state index in [1.165, 1.54) is 82.4 Å². The van der Waals surface area contributed by atoms with Crippen LogP contribution in [0.1, 0.15) is 70.1 Å². The van der Waals surface area contributed by atoms with Gasteiger partial charge in [0.2, 0.25) is 0 Å². The lowest BCUT2D eigenvalue weighted by molar-refractivity contribution is 0.554. The van der Waals surface area contributed by atoms with E-state index in [1.807, 2.05) is 0 Å². The Balaban J connectivity index is 1.10.